The maximum absolute atomic E-state index is 13.1. The molecule has 0 radical (unpaired) electrons. The summed E-state index contributed by atoms with van der Waals surface area (Å²) < 4.78 is 9.75. The van der Waals surface area contributed by atoms with Crippen LogP contribution in [0.1, 0.15) is 13.8 Å². The third kappa shape index (κ3) is 2.40. The second-order valence-electron chi connectivity index (χ2n) is 6.35. The molecule has 3 aliphatic rings. The summed E-state index contributed by atoms with van der Waals surface area (Å²) in [7, 11) is 2.49. The van der Waals surface area contributed by atoms with E-state index in [2.05, 4.69) is 0 Å². The molecule has 1 aliphatic carbocycles. The number of rotatable bonds is 4. The van der Waals surface area contributed by atoms with Crippen molar-refractivity contribution < 1.29 is 38.2 Å². The number of ether oxygens (including phenoxy) is 2. The van der Waals surface area contributed by atoms with Crippen LogP contribution in [0.2, 0.25) is 0 Å². The molecule has 0 fully saturated rings. The maximum Gasteiger partial charge on any atom is 0.323 e. The lowest BCUT2D eigenvalue weighted by Gasteiger charge is -2.21. The number of ketones is 2. The minimum absolute atomic E-state index is 0.0195. The van der Waals surface area contributed by atoms with Gasteiger partial charge in [-0.05, 0) is 13.8 Å². The third-order valence-corrected chi connectivity index (χ3v) is 4.88. The monoisotopic (exact) mass is 390 g/mol. The quantitative estimate of drug-likeness (QED) is 0.338. The van der Waals surface area contributed by atoms with Gasteiger partial charge in [0.05, 0.1) is 24.4 Å². The van der Waals surface area contributed by atoms with Crippen LogP contribution in [0.15, 0.2) is 22.5 Å². The van der Waals surface area contributed by atoms with Gasteiger partial charge < -0.3 is 19.3 Å². The highest BCUT2D eigenvalue weighted by Crippen LogP contribution is 2.44. The molecule has 0 N–H and O–H groups in total. The average molecular weight is 390 g/mol. The number of Topliss-reactive ketones (excluding diaryl/α,β-unsaturated/α-hetero) is 2. The van der Waals surface area contributed by atoms with Crippen molar-refractivity contribution in [3.8, 4) is 0 Å². The van der Waals surface area contributed by atoms with Gasteiger partial charge in [0.1, 0.15) is 11.4 Å². The molecule has 0 saturated heterocycles. The largest absolute Gasteiger partial charge is 0.465 e. The fourth-order valence-electron chi connectivity index (χ4n) is 3.66. The number of hydrogen-bond donors (Lipinski definition) is 0. The molecule has 2 unspecified atom stereocenters. The van der Waals surface area contributed by atoms with Gasteiger partial charge in [0.25, 0.3) is 0 Å². The molecule has 0 aromatic heterocycles. The highest BCUT2D eigenvalue weighted by atomic mass is 16.5. The van der Waals surface area contributed by atoms with Crippen LogP contribution < -0.4 is 0 Å². The summed E-state index contributed by atoms with van der Waals surface area (Å²) in [4.78, 5) is 77.7. The van der Waals surface area contributed by atoms with Crippen LogP contribution >= 0.6 is 0 Å². The fourth-order valence-corrected chi connectivity index (χ4v) is 3.66. The standard InChI is InChI=1S/C18H18N2O8/c1-5-27-17(25)9-7-11(19(3)15(9)23)14(22)8-10(18(26)28-6-2)16(24)20(4)12(8)13(7)21/h9-10H,5-6H2,1-4H3. The molecule has 2 atom stereocenters. The van der Waals surface area contributed by atoms with Gasteiger partial charge in [0, 0.05) is 14.1 Å². The normalized spacial score (nSPS) is 24.1. The Labute approximate surface area is 159 Å². The molecule has 10 heteroatoms. The molecule has 3 rings (SSSR count). The predicted octanol–water partition coefficient (Wildman–Crippen LogP) is -1.05. The number of likely N-dealkylation sites (N-methyl/N-ethyl adjacent to an activating group) is 2. The Morgan fingerprint density at radius 3 is 1.36 bits per heavy atom. The zero-order valence-corrected chi connectivity index (χ0v) is 15.7. The Balaban J connectivity index is 2.14. The van der Waals surface area contributed by atoms with Crippen LogP contribution in [-0.4, -0.2) is 72.4 Å². The van der Waals surface area contributed by atoms with Crippen LogP contribution in [0.4, 0.5) is 0 Å². The van der Waals surface area contributed by atoms with Crippen molar-refractivity contribution in [2.24, 2.45) is 11.8 Å². The van der Waals surface area contributed by atoms with E-state index < -0.39 is 47.2 Å². The molecular weight excluding hydrogens is 372 g/mol. The molecule has 0 saturated carbocycles. The lowest BCUT2D eigenvalue weighted by atomic mass is 9.83. The minimum Gasteiger partial charge on any atom is -0.465 e. The van der Waals surface area contributed by atoms with Gasteiger partial charge >= 0.3 is 11.9 Å². The molecule has 2 aliphatic heterocycles. The molecule has 2 heterocycles. The van der Waals surface area contributed by atoms with Crippen LogP contribution in [0, 0.1) is 11.8 Å². The van der Waals surface area contributed by atoms with E-state index in [4.69, 9.17) is 9.47 Å². The summed E-state index contributed by atoms with van der Waals surface area (Å²) in [5.74, 6) is -8.31. The average Bonchev–Trinajstić information content (AvgIpc) is 3.06. The van der Waals surface area contributed by atoms with E-state index in [9.17, 15) is 28.8 Å². The third-order valence-electron chi connectivity index (χ3n) is 4.88. The zero-order valence-electron chi connectivity index (χ0n) is 15.7. The van der Waals surface area contributed by atoms with E-state index >= 15 is 0 Å². The number of carbonyl (C=O) groups is 6. The Morgan fingerprint density at radius 2 is 1.07 bits per heavy atom. The van der Waals surface area contributed by atoms with E-state index in [1.165, 1.54) is 27.9 Å². The van der Waals surface area contributed by atoms with E-state index in [1.54, 1.807) is 0 Å². The Kier molecular flexibility index (Phi) is 4.66. The van der Waals surface area contributed by atoms with Crippen LogP contribution in [0.25, 0.3) is 0 Å². The van der Waals surface area contributed by atoms with Crippen LogP contribution in [0.3, 0.4) is 0 Å². The smallest absolute Gasteiger partial charge is 0.323 e. The lowest BCUT2D eigenvalue weighted by Crippen LogP contribution is -2.35. The van der Waals surface area contributed by atoms with Crippen LogP contribution in [-0.2, 0) is 38.2 Å². The molecule has 0 aromatic rings. The maximum atomic E-state index is 13.1. The second-order valence-corrected chi connectivity index (χ2v) is 6.35. The first-order valence-electron chi connectivity index (χ1n) is 8.65. The number of esters is 2. The van der Waals surface area contributed by atoms with Gasteiger partial charge in [0.2, 0.25) is 23.4 Å². The van der Waals surface area contributed by atoms with Crippen molar-refractivity contribution in [2.75, 3.05) is 27.3 Å². The highest BCUT2D eigenvalue weighted by Gasteiger charge is 2.58. The van der Waals surface area contributed by atoms with Gasteiger partial charge in [-0.1, -0.05) is 0 Å². The summed E-state index contributed by atoms with van der Waals surface area (Å²) in [5.41, 5.74) is -1.30. The first-order chi connectivity index (χ1) is 13.2. The minimum atomic E-state index is -1.59. The molecule has 0 bridgehead atoms. The molecule has 28 heavy (non-hydrogen) atoms. The van der Waals surface area contributed by atoms with Crippen molar-refractivity contribution in [2.45, 2.75) is 13.8 Å². The topological polar surface area (TPSA) is 127 Å². The first kappa shape index (κ1) is 19.5. The summed E-state index contributed by atoms with van der Waals surface area (Å²) in [6.07, 6.45) is 0. The Hall–Kier alpha value is -3.30. The van der Waals surface area contributed by atoms with Gasteiger partial charge in [-0.2, -0.15) is 0 Å². The van der Waals surface area contributed by atoms with Gasteiger partial charge in [0.15, 0.2) is 11.8 Å². The number of amides is 2. The van der Waals surface area contributed by atoms with E-state index in [-0.39, 0.29) is 35.8 Å². The zero-order chi connectivity index (χ0) is 20.9. The van der Waals surface area contributed by atoms with Crippen molar-refractivity contribution in [3.05, 3.63) is 22.5 Å². The number of hydrogen-bond acceptors (Lipinski definition) is 8. The van der Waals surface area contributed by atoms with E-state index in [0.717, 1.165) is 9.80 Å². The highest BCUT2D eigenvalue weighted by molar-refractivity contribution is 6.35. The van der Waals surface area contributed by atoms with Gasteiger partial charge in [-0.25, -0.2) is 0 Å². The van der Waals surface area contributed by atoms with E-state index in [0.29, 0.717) is 0 Å². The summed E-state index contributed by atoms with van der Waals surface area (Å²) in [6, 6.07) is 0. The first-order valence-corrected chi connectivity index (χ1v) is 8.65. The Morgan fingerprint density at radius 1 is 0.750 bits per heavy atom. The molecule has 148 valence electrons. The summed E-state index contributed by atoms with van der Waals surface area (Å²) >= 11 is 0. The molecular formula is C18H18N2O8. The molecule has 0 aromatic carbocycles. The lowest BCUT2D eigenvalue weighted by molar-refractivity contribution is -0.152. The SMILES string of the molecule is CCOC(=O)C1C(=O)N(C)C2=C1C(=O)C1=C(C2=O)C(C(=O)OCC)C(=O)N1C. The van der Waals surface area contributed by atoms with Crippen molar-refractivity contribution in [1.82, 2.24) is 9.80 Å². The summed E-state index contributed by atoms with van der Waals surface area (Å²) in [5, 5.41) is 0. The Bertz CT molecular complexity index is 839. The van der Waals surface area contributed by atoms with Gasteiger partial charge in [-0.15, -0.1) is 0 Å². The van der Waals surface area contributed by atoms with E-state index in [1.807, 2.05) is 0 Å². The van der Waals surface area contributed by atoms with Gasteiger partial charge in [-0.3, -0.25) is 28.8 Å². The fraction of sp³-hybridized carbons (Fsp3) is 0.444. The number of allylic oxidation sites excluding steroid dienone is 2. The molecule has 10 nitrogen and oxygen atoms in total. The van der Waals surface area contributed by atoms with Crippen LogP contribution in [0.5, 0.6) is 0 Å². The number of carbonyl (C=O) groups excluding carboxylic acids is 6. The molecule has 2 amide bonds. The summed E-state index contributed by atoms with van der Waals surface area (Å²) in [6.45, 7) is 3.04. The predicted molar refractivity (Wildman–Crippen MR) is 89.9 cm³/mol. The van der Waals surface area contributed by atoms with Crippen molar-refractivity contribution in [1.29, 1.82) is 0 Å². The van der Waals surface area contributed by atoms with Crippen molar-refractivity contribution >= 4 is 35.3 Å². The van der Waals surface area contributed by atoms with Crippen molar-refractivity contribution in [3.63, 3.8) is 0 Å². The second kappa shape index (κ2) is 6.70. The number of nitrogens with zero attached hydrogens (tertiary/aromatic N) is 2. The molecule has 0 spiro atoms.